The third-order valence-corrected chi connectivity index (χ3v) is 6.85. The quantitative estimate of drug-likeness (QED) is 0.457. The van der Waals surface area contributed by atoms with Gasteiger partial charge in [0.1, 0.15) is 5.75 Å². The van der Waals surface area contributed by atoms with E-state index in [-0.39, 0.29) is 10.8 Å². The average molecular weight is 377 g/mol. The van der Waals surface area contributed by atoms with E-state index in [2.05, 4.69) is 70.2 Å². The lowest BCUT2D eigenvalue weighted by molar-refractivity contribution is 0.299. The maximum absolute atomic E-state index is 6.28. The summed E-state index contributed by atoms with van der Waals surface area (Å²) in [5, 5.41) is 0.716. The summed E-state index contributed by atoms with van der Waals surface area (Å²) in [5.41, 5.74) is 7.60. The van der Waals surface area contributed by atoms with Crippen molar-refractivity contribution < 1.29 is 4.74 Å². The number of benzene rings is 3. The predicted octanol–water partition coefficient (Wildman–Crippen LogP) is 7.25. The van der Waals surface area contributed by atoms with Crippen molar-refractivity contribution in [3.8, 4) is 28.0 Å². The van der Waals surface area contributed by atoms with Crippen LogP contribution < -0.4 is 4.74 Å². The molecule has 0 spiro atoms. The van der Waals surface area contributed by atoms with Gasteiger partial charge in [-0.3, -0.25) is 0 Å². The zero-order valence-corrected chi connectivity index (χ0v) is 17.3. The van der Waals surface area contributed by atoms with Gasteiger partial charge in [-0.1, -0.05) is 75.7 Å². The summed E-state index contributed by atoms with van der Waals surface area (Å²) in [7, 11) is 1.70. The van der Waals surface area contributed by atoms with Crippen molar-refractivity contribution in [2.24, 2.45) is 0 Å². The molecule has 0 saturated heterocycles. The van der Waals surface area contributed by atoms with Gasteiger partial charge >= 0.3 is 0 Å². The summed E-state index contributed by atoms with van der Waals surface area (Å²) in [6.07, 6.45) is 0. The van der Waals surface area contributed by atoms with Crippen molar-refractivity contribution in [2.45, 2.75) is 38.5 Å². The van der Waals surface area contributed by atoms with Gasteiger partial charge in [0.25, 0.3) is 0 Å². The Hall–Kier alpha value is -2.25. The number of ether oxygens (including phenoxy) is 1. The molecule has 3 aromatic rings. The molecule has 1 nitrogen and oxygen atoms in total. The van der Waals surface area contributed by atoms with Crippen LogP contribution >= 0.6 is 11.6 Å². The highest BCUT2D eigenvalue weighted by molar-refractivity contribution is 6.31. The number of fused-ring (bicyclic) bond motifs is 3. The first-order chi connectivity index (χ1) is 12.8. The van der Waals surface area contributed by atoms with Crippen LogP contribution in [0.5, 0.6) is 5.75 Å². The van der Waals surface area contributed by atoms with E-state index in [1.165, 1.54) is 22.3 Å². The third-order valence-electron chi connectivity index (χ3n) is 6.62. The molecule has 0 radical (unpaired) electrons. The Morgan fingerprint density at radius 3 is 2.11 bits per heavy atom. The Kier molecular flexibility index (Phi) is 4.12. The van der Waals surface area contributed by atoms with Gasteiger partial charge in [0.15, 0.2) is 0 Å². The maximum Gasteiger partial charge on any atom is 0.126 e. The first kappa shape index (κ1) is 18.1. The molecular weight excluding hydrogens is 352 g/mol. The third kappa shape index (κ3) is 2.60. The average Bonchev–Trinajstić information content (AvgIpc) is 2.66. The summed E-state index contributed by atoms with van der Waals surface area (Å²) in [5.74, 6) is 0.840. The van der Waals surface area contributed by atoms with Gasteiger partial charge in [-0.05, 0) is 62.9 Å². The molecule has 4 rings (SSSR count). The van der Waals surface area contributed by atoms with Crippen LogP contribution in [0, 0.1) is 0 Å². The lowest BCUT2D eigenvalue weighted by atomic mass is 9.55. The van der Waals surface area contributed by atoms with E-state index < -0.39 is 0 Å². The van der Waals surface area contributed by atoms with Crippen molar-refractivity contribution in [1.82, 2.24) is 0 Å². The molecule has 138 valence electrons. The zero-order valence-electron chi connectivity index (χ0n) is 16.6. The van der Waals surface area contributed by atoms with Gasteiger partial charge < -0.3 is 4.74 Å². The molecule has 1 aliphatic carbocycles. The Morgan fingerprint density at radius 2 is 1.37 bits per heavy atom. The van der Waals surface area contributed by atoms with E-state index in [0.717, 1.165) is 16.9 Å². The fourth-order valence-electron chi connectivity index (χ4n) is 4.31. The molecule has 0 atom stereocenters. The molecule has 0 amide bonds. The highest BCUT2D eigenvalue weighted by Gasteiger charge is 2.45. The van der Waals surface area contributed by atoms with Gasteiger partial charge in [0, 0.05) is 10.6 Å². The van der Waals surface area contributed by atoms with Crippen LogP contribution in [0.4, 0.5) is 0 Å². The van der Waals surface area contributed by atoms with Crippen LogP contribution in [0.3, 0.4) is 0 Å². The molecule has 27 heavy (non-hydrogen) atoms. The molecular formula is C25H25ClO. The Labute approximate surface area is 167 Å². The Balaban J connectivity index is 2.00. The summed E-state index contributed by atoms with van der Waals surface area (Å²) in [6.45, 7) is 9.39. The lowest BCUT2D eigenvalue weighted by Crippen LogP contribution is -2.43. The molecule has 0 aliphatic heterocycles. The minimum Gasteiger partial charge on any atom is -0.496 e. The van der Waals surface area contributed by atoms with E-state index in [1.54, 1.807) is 7.11 Å². The number of methoxy groups -OCH3 is 1. The van der Waals surface area contributed by atoms with E-state index in [4.69, 9.17) is 16.3 Å². The summed E-state index contributed by atoms with van der Waals surface area (Å²) < 4.78 is 5.59. The normalized spacial score (nSPS) is 16.4. The molecule has 1 aliphatic rings. The second-order valence-corrected chi connectivity index (χ2v) is 8.84. The Bertz CT molecular complexity index is 1030. The largest absolute Gasteiger partial charge is 0.496 e. The van der Waals surface area contributed by atoms with Crippen LogP contribution in [-0.4, -0.2) is 7.11 Å². The lowest BCUT2D eigenvalue weighted by Gasteiger charge is -2.48. The van der Waals surface area contributed by atoms with Crippen LogP contribution in [-0.2, 0) is 10.8 Å². The van der Waals surface area contributed by atoms with Crippen LogP contribution in [0.15, 0.2) is 60.7 Å². The number of halogens is 1. The summed E-state index contributed by atoms with van der Waals surface area (Å²) >= 11 is 6.28. The van der Waals surface area contributed by atoms with E-state index >= 15 is 0 Å². The van der Waals surface area contributed by atoms with Gasteiger partial charge in [-0.15, -0.1) is 0 Å². The molecule has 0 aromatic heterocycles. The minimum absolute atomic E-state index is 0.0154. The summed E-state index contributed by atoms with van der Waals surface area (Å²) in [4.78, 5) is 0. The highest BCUT2D eigenvalue weighted by Crippen LogP contribution is 2.54. The molecule has 0 heterocycles. The van der Waals surface area contributed by atoms with Crippen LogP contribution in [0.1, 0.15) is 38.8 Å². The second kappa shape index (κ2) is 6.14. The van der Waals surface area contributed by atoms with Crippen molar-refractivity contribution in [3.05, 3.63) is 76.8 Å². The molecule has 0 saturated carbocycles. The van der Waals surface area contributed by atoms with Gasteiger partial charge in [0.2, 0.25) is 0 Å². The highest BCUT2D eigenvalue weighted by atomic mass is 35.5. The standard InChI is InChI=1S/C25H25ClO/c1-24(2)21-9-7-6-8-18(21)19-12-10-16(14-22(19)25(24,3)4)20-15-17(26)11-13-23(20)27-5/h6-15H,1-5H3. The van der Waals surface area contributed by atoms with Gasteiger partial charge in [-0.25, -0.2) is 0 Å². The van der Waals surface area contributed by atoms with Gasteiger partial charge in [-0.2, -0.15) is 0 Å². The smallest absolute Gasteiger partial charge is 0.126 e. The minimum atomic E-state index is -0.0154. The number of hydrogen-bond acceptors (Lipinski definition) is 1. The molecule has 3 aromatic carbocycles. The van der Waals surface area contributed by atoms with Gasteiger partial charge in [0.05, 0.1) is 7.11 Å². The molecule has 0 N–H and O–H groups in total. The van der Waals surface area contributed by atoms with Crippen molar-refractivity contribution in [3.63, 3.8) is 0 Å². The predicted molar refractivity (Wildman–Crippen MR) is 115 cm³/mol. The Morgan fingerprint density at radius 1 is 0.704 bits per heavy atom. The monoisotopic (exact) mass is 376 g/mol. The second-order valence-electron chi connectivity index (χ2n) is 8.40. The van der Waals surface area contributed by atoms with Crippen molar-refractivity contribution >= 4 is 11.6 Å². The van der Waals surface area contributed by atoms with Crippen molar-refractivity contribution in [1.29, 1.82) is 0 Å². The molecule has 0 bridgehead atoms. The molecule has 0 fully saturated rings. The topological polar surface area (TPSA) is 9.23 Å². The maximum atomic E-state index is 6.28. The molecule has 0 unspecified atom stereocenters. The molecule has 2 heteroatoms. The van der Waals surface area contributed by atoms with E-state index in [1.807, 2.05) is 18.2 Å². The fraction of sp³-hybridized carbons (Fsp3) is 0.280. The van der Waals surface area contributed by atoms with Crippen LogP contribution in [0.25, 0.3) is 22.3 Å². The number of hydrogen-bond donors (Lipinski definition) is 0. The summed E-state index contributed by atoms with van der Waals surface area (Å²) in [6, 6.07) is 21.3. The fourth-order valence-corrected chi connectivity index (χ4v) is 4.48. The van der Waals surface area contributed by atoms with Crippen molar-refractivity contribution in [2.75, 3.05) is 7.11 Å². The SMILES string of the molecule is COc1ccc(Cl)cc1-c1ccc2c(c1)C(C)(C)C(C)(C)c1ccccc1-2. The first-order valence-corrected chi connectivity index (χ1v) is 9.73. The van der Waals surface area contributed by atoms with E-state index in [0.29, 0.717) is 5.02 Å². The number of rotatable bonds is 2. The van der Waals surface area contributed by atoms with Crippen LogP contribution in [0.2, 0.25) is 5.02 Å². The first-order valence-electron chi connectivity index (χ1n) is 9.35. The van der Waals surface area contributed by atoms with E-state index in [9.17, 15) is 0 Å². The zero-order chi connectivity index (χ0) is 19.4.